The molecule has 0 radical (unpaired) electrons. The highest BCUT2D eigenvalue weighted by Crippen LogP contribution is 2.34. The van der Waals surface area contributed by atoms with Crippen LogP contribution in [0.3, 0.4) is 0 Å². The lowest BCUT2D eigenvalue weighted by Gasteiger charge is -2.34. The monoisotopic (exact) mass is 435 g/mol. The van der Waals surface area contributed by atoms with Crippen molar-refractivity contribution in [3.05, 3.63) is 47.5 Å². The quantitative estimate of drug-likeness (QED) is 0.751. The van der Waals surface area contributed by atoms with E-state index in [-0.39, 0.29) is 30.6 Å². The minimum atomic E-state index is -0.235. The van der Waals surface area contributed by atoms with Gasteiger partial charge in [0.15, 0.2) is 11.5 Å². The average molecular weight is 436 g/mol. The average Bonchev–Trinajstić information content (AvgIpc) is 3.47. The van der Waals surface area contributed by atoms with Gasteiger partial charge in [0, 0.05) is 23.4 Å². The fourth-order valence-corrected chi connectivity index (χ4v) is 4.83. The van der Waals surface area contributed by atoms with Crippen LogP contribution in [0.4, 0.5) is 11.4 Å². The Balaban J connectivity index is 1.12. The highest BCUT2D eigenvalue weighted by molar-refractivity contribution is 5.95. The number of hydrogen-bond donors (Lipinski definition) is 2. The molecule has 7 nitrogen and oxygen atoms in total. The standard InChI is InChI=1S/C25H29N3O4/c1-16(24(29)26-20-6-5-17-3-2-4-19(17)13-20)28-11-9-18(10-12-28)25(30)27-21-7-8-22-23(14-21)32-15-31-22/h5-8,13-14,16,18H,2-4,9-12,15H2,1H3,(H,26,29)(H,27,30)/t16-/m0/s1. The molecule has 2 heterocycles. The molecular weight excluding hydrogens is 406 g/mol. The Morgan fingerprint density at radius 1 is 0.938 bits per heavy atom. The molecule has 3 aliphatic rings. The SMILES string of the molecule is C[C@@H](C(=O)Nc1ccc2c(c1)CCC2)N1CCC(C(=O)Nc2ccc3c(c2)OCO3)CC1. The Kier molecular flexibility index (Phi) is 5.74. The Hall–Kier alpha value is -3.06. The number of ether oxygens (including phenoxy) is 2. The number of amides is 2. The molecule has 2 aliphatic heterocycles. The summed E-state index contributed by atoms with van der Waals surface area (Å²) in [6.07, 6.45) is 4.88. The van der Waals surface area contributed by atoms with Crippen molar-refractivity contribution < 1.29 is 19.1 Å². The van der Waals surface area contributed by atoms with Crippen molar-refractivity contribution >= 4 is 23.2 Å². The van der Waals surface area contributed by atoms with Gasteiger partial charge in [0.2, 0.25) is 18.6 Å². The van der Waals surface area contributed by atoms with Crippen LogP contribution < -0.4 is 20.1 Å². The number of nitrogens with zero attached hydrogens (tertiary/aromatic N) is 1. The lowest BCUT2D eigenvalue weighted by Crippen LogP contribution is -2.47. The summed E-state index contributed by atoms with van der Waals surface area (Å²) in [6, 6.07) is 11.4. The normalized spacial score (nSPS) is 18.8. The second-order valence-electron chi connectivity index (χ2n) is 8.87. The molecule has 1 aliphatic carbocycles. The van der Waals surface area contributed by atoms with Crippen LogP contribution in [0.25, 0.3) is 0 Å². The molecule has 0 unspecified atom stereocenters. The van der Waals surface area contributed by atoms with Crippen molar-refractivity contribution in [2.45, 2.75) is 45.1 Å². The molecule has 1 atom stereocenters. The van der Waals surface area contributed by atoms with Gasteiger partial charge in [-0.3, -0.25) is 14.5 Å². The maximum Gasteiger partial charge on any atom is 0.241 e. The highest BCUT2D eigenvalue weighted by Gasteiger charge is 2.30. The number of carbonyl (C=O) groups excluding carboxylic acids is 2. The van der Waals surface area contributed by atoms with Crippen LogP contribution in [-0.2, 0) is 22.4 Å². The summed E-state index contributed by atoms with van der Waals surface area (Å²) in [4.78, 5) is 27.7. The highest BCUT2D eigenvalue weighted by atomic mass is 16.7. The molecule has 7 heteroatoms. The predicted octanol–water partition coefficient (Wildman–Crippen LogP) is 3.58. The number of hydrogen-bond acceptors (Lipinski definition) is 5. The van der Waals surface area contributed by atoms with Crippen molar-refractivity contribution in [1.29, 1.82) is 0 Å². The number of fused-ring (bicyclic) bond motifs is 2. The first-order chi connectivity index (χ1) is 15.6. The van der Waals surface area contributed by atoms with Gasteiger partial charge in [-0.2, -0.15) is 0 Å². The van der Waals surface area contributed by atoms with Crippen LogP contribution in [0.2, 0.25) is 0 Å². The van der Waals surface area contributed by atoms with Gasteiger partial charge in [0.1, 0.15) is 0 Å². The Morgan fingerprint density at radius 2 is 1.66 bits per heavy atom. The van der Waals surface area contributed by atoms with Crippen molar-refractivity contribution in [3.63, 3.8) is 0 Å². The third-order valence-corrected chi connectivity index (χ3v) is 6.83. The van der Waals surface area contributed by atoms with Crippen LogP contribution in [0.5, 0.6) is 11.5 Å². The molecule has 0 saturated carbocycles. The van der Waals surface area contributed by atoms with E-state index >= 15 is 0 Å². The summed E-state index contributed by atoms with van der Waals surface area (Å²) < 4.78 is 10.7. The summed E-state index contributed by atoms with van der Waals surface area (Å²) in [5.74, 6) is 1.30. The second kappa shape index (κ2) is 8.82. The summed E-state index contributed by atoms with van der Waals surface area (Å²) in [7, 11) is 0. The third kappa shape index (κ3) is 4.30. The number of rotatable bonds is 5. The van der Waals surface area contributed by atoms with Crippen LogP contribution in [-0.4, -0.2) is 42.6 Å². The van der Waals surface area contributed by atoms with Crippen LogP contribution in [0, 0.1) is 5.92 Å². The molecule has 2 aromatic rings. The first kappa shape index (κ1) is 20.8. The first-order valence-electron chi connectivity index (χ1n) is 11.4. The van der Waals surface area contributed by atoms with E-state index < -0.39 is 0 Å². The summed E-state index contributed by atoms with van der Waals surface area (Å²) in [5.41, 5.74) is 4.34. The summed E-state index contributed by atoms with van der Waals surface area (Å²) in [5, 5.41) is 6.06. The largest absolute Gasteiger partial charge is 0.454 e. The summed E-state index contributed by atoms with van der Waals surface area (Å²) >= 11 is 0. The topological polar surface area (TPSA) is 79.9 Å². The molecule has 0 spiro atoms. The van der Waals surface area contributed by atoms with Gasteiger partial charge >= 0.3 is 0 Å². The number of carbonyl (C=O) groups is 2. The van der Waals surface area contributed by atoms with E-state index in [1.54, 1.807) is 6.07 Å². The molecule has 2 aromatic carbocycles. The Morgan fingerprint density at radius 3 is 2.50 bits per heavy atom. The fourth-order valence-electron chi connectivity index (χ4n) is 4.83. The van der Waals surface area contributed by atoms with E-state index in [1.807, 2.05) is 25.1 Å². The molecule has 1 saturated heterocycles. The van der Waals surface area contributed by atoms with E-state index in [4.69, 9.17) is 9.47 Å². The molecule has 1 fully saturated rings. The number of likely N-dealkylation sites (tertiary alicyclic amines) is 1. The number of aryl methyl sites for hydroxylation is 2. The lowest BCUT2D eigenvalue weighted by atomic mass is 9.94. The molecule has 0 aromatic heterocycles. The second-order valence-corrected chi connectivity index (χ2v) is 8.87. The van der Waals surface area contributed by atoms with Gasteiger partial charge < -0.3 is 20.1 Å². The number of anilines is 2. The van der Waals surface area contributed by atoms with Gasteiger partial charge in [-0.25, -0.2) is 0 Å². The molecule has 0 bridgehead atoms. The fraction of sp³-hybridized carbons (Fsp3) is 0.440. The van der Waals surface area contributed by atoms with E-state index in [2.05, 4.69) is 27.7 Å². The van der Waals surface area contributed by atoms with E-state index in [9.17, 15) is 9.59 Å². The van der Waals surface area contributed by atoms with E-state index in [1.165, 1.54) is 17.5 Å². The van der Waals surface area contributed by atoms with E-state index in [0.29, 0.717) is 17.2 Å². The molecule has 2 amide bonds. The third-order valence-electron chi connectivity index (χ3n) is 6.83. The predicted molar refractivity (Wildman–Crippen MR) is 122 cm³/mol. The Labute approximate surface area is 188 Å². The van der Waals surface area contributed by atoms with Gasteiger partial charge in [-0.15, -0.1) is 0 Å². The minimum Gasteiger partial charge on any atom is -0.454 e. The van der Waals surface area contributed by atoms with Gasteiger partial charge in [0.25, 0.3) is 0 Å². The van der Waals surface area contributed by atoms with Crippen molar-refractivity contribution in [2.75, 3.05) is 30.5 Å². The molecule has 5 rings (SSSR count). The van der Waals surface area contributed by atoms with Gasteiger partial charge in [-0.05, 0) is 87.5 Å². The maximum absolute atomic E-state index is 12.8. The van der Waals surface area contributed by atoms with E-state index in [0.717, 1.165) is 44.5 Å². The zero-order chi connectivity index (χ0) is 22.1. The lowest BCUT2D eigenvalue weighted by molar-refractivity contribution is -0.123. The smallest absolute Gasteiger partial charge is 0.241 e. The van der Waals surface area contributed by atoms with Crippen molar-refractivity contribution in [2.24, 2.45) is 5.92 Å². The number of piperidine rings is 1. The molecule has 32 heavy (non-hydrogen) atoms. The number of benzene rings is 2. The molecule has 168 valence electrons. The van der Waals surface area contributed by atoms with Crippen LogP contribution >= 0.6 is 0 Å². The Bertz CT molecular complexity index is 1030. The molecule has 2 N–H and O–H groups in total. The molecular formula is C25H29N3O4. The van der Waals surface area contributed by atoms with Crippen molar-refractivity contribution in [1.82, 2.24) is 4.90 Å². The maximum atomic E-state index is 12.8. The number of nitrogens with one attached hydrogen (secondary N) is 2. The van der Waals surface area contributed by atoms with Gasteiger partial charge in [-0.1, -0.05) is 6.07 Å². The first-order valence-corrected chi connectivity index (χ1v) is 11.4. The van der Waals surface area contributed by atoms with Crippen molar-refractivity contribution in [3.8, 4) is 11.5 Å². The van der Waals surface area contributed by atoms with Gasteiger partial charge in [0.05, 0.1) is 6.04 Å². The summed E-state index contributed by atoms with van der Waals surface area (Å²) in [6.45, 7) is 3.59. The van der Waals surface area contributed by atoms with Crippen LogP contribution in [0.15, 0.2) is 36.4 Å². The zero-order valence-corrected chi connectivity index (χ0v) is 18.4. The zero-order valence-electron chi connectivity index (χ0n) is 18.4. The van der Waals surface area contributed by atoms with Crippen LogP contribution in [0.1, 0.15) is 37.3 Å². The minimum absolute atomic E-state index is 0.00575.